The summed E-state index contributed by atoms with van der Waals surface area (Å²) in [4.78, 5) is 5.64. The van der Waals surface area contributed by atoms with Crippen molar-refractivity contribution in [3.05, 3.63) is 21.9 Å². The van der Waals surface area contributed by atoms with Crippen molar-refractivity contribution in [2.75, 3.05) is 19.6 Å². The molecule has 1 fully saturated rings. The summed E-state index contributed by atoms with van der Waals surface area (Å²) in [7, 11) is 0. The van der Waals surface area contributed by atoms with Gasteiger partial charge >= 0.3 is 0 Å². The molecule has 2 unspecified atom stereocenters. The van der Waals surface area contributed by atoms with Gasteiger partial charge in [-0.2, -0.15) is 0 Å². The Balaban J connectivity index is 1.76. The highest BCUT2D eigenvalue weighted by Crippen LogP contribution is 2.23. The summed E-state index contributed by atoms with van der Waals surface area (Å²) < 4.78 is 0. The highest BCUT2D eigenvalue weighted by Gasteiger charge is 2.26. The van der Waals surface area contributed by atoms with E-state index in [1.165, 1.54) is 42.2 Å². The van der Waals surface area contributed by atoms with Gasteiger partial charge in [0.25, 0.3) is 0 Å². The van der Waals surface area contributed by atoms with E-state index in [1.807, 2.05) is 11.3 Å². The minimum absolute atomic E-state index is 0.612. The van der Waals surface area contributed by atoms with E-state index in [-0.39, 0.29) is 0 Å². The average Bonchev–Trinajstić information content (AvgIpc) is 2.95. The second-order valence-electron chi connectivity index (χ2n) is 6.28. The summed E-state index contributed by atoms with van der Waals surface area (Å²) in [5.74, 6) is 0.843. The molecule has 1 aliphatic rings. The SMILES string of the molecule is Cc1ccc(CC(C)N2CCC(CNC(C)C)C2)s1. The smallest absolute Gasteiger partial charge is 0.0115 e. The fourth-order valence-electron chi connectivity index (χ4n) is 2.85. The Kier molecular flexibility index (Phi) is 5.43. The lowest BCUT2D eigenvalue weighted by atomic mass is 10.1. The molecule has 0 aliphatic carbocycles. The summed E-state index contributed by atoms with van der Waals surface area (Å²) in [6.45, 7) is 12.8. The number of hydrogen-bond acceptors (Lipinski definition) is 3. The van der Waals surface area contributed by atoms with Crippen LogP contribution in [0.2, 0.25) is 0 Å². The van der Waals surface area contributed by atoms with E-state index in [0.717, 1.165) is 5.92 Å². The van der Waals surface area contributed by atoms with Gasteiger partial charge < -0.3 is 5.32 Å². The summed E-state index contributed by atoms with van der Waals surface area (Å²) in [5.41, 5.74) is 0. The summed E-state index contributed by atoms with van der Waals surface area (Å²) in [6, 6.07) is 5.83. The van der Waals surface area contributed by atoms with Crippen LogP contribution in [-0.4, -0.2) is 36.6 Å². The molecule has 2 rings (SSSR count). The highest BCUT2D eigenvalue weighted by atomic mass is 32.1. The zero-order valence-electron chi connectivity index (χ0n) is 12.8. The Labute approximate surface area is 122 Å². The van der Waals surface area contributed by atoms with Crippen molar-refractivity contribution in [3.63, 3.8) is 0 Å². The molecule has 0 radical (unpaired) electrons. The van der Waals surface area contributed by atoms with Crippen LogP contribution in [0.5, 0.6) is 0 Å². The molecule has 2 atom stereocenters. The van der Waals surface area contributed by atoms with Crippen molar-refractivity contribution < 1.29 is 0 Å². The van der Waals surface area contributed by atoms with Gasteiger partial charge in [-0.1, -0.05) is 13.8 Å². The van der Waals surface area contributed by atoms with Crippen molar-refractivity contribution >= 4 is 11.3 Å². The third kappa shape index (κ3) is 4.59. The molecule has 1 N–H and O–H groups in total. The van der Waals surface area contributed by atoms with E-state index in [4.69, 9.17) is 0 Å². The first-order valence-electron chi connectivity index (χ1n) is 7.57. The monoisotopic (exact) mass is 280 g/mol. The zero-order valence-corrected chi connectivity index (χ0v) is 13.6. The third-order valence-corrected chi connectivity index (χ3v) is 5.07. The van der Waals surface area contributed by atoms with Gasteiger partial charge in [0.1, 0.15) is 0 Å². The van der Waals surface area contributed by atoms with E-state index >= 15 is 0 Å². The largest absolute Gasteiger partial charge is 0.314 e. The third-order valence-electron chi connectivity index (χ3n) is 4.05. The predicted octanol–water partition coefficient (Wildman–Crippen LogP) is 3.31. The molecule has 2 nitrogen and oxygen atoms in total. The Bertz CT molecular complexity index is 386. The number of nitrogens with zero attached hydrogens (tertiary/aromatic N) is 1. The molecule has 1 aromatic heterocycles. The van der Waals surface area contributed by atoms with Crippen molar-refractivity contribution in [1.82, 2.24) is 10.2 Å². The van der Waals surface area contributed by atoms with Crippen molar-refractivity contribution in [3.8, 4) is 0 Å². The first-order chi connectivity index (χ1) is 9.04. The van der Waals surface area contributed by atoms with Crippen molar-refractivity contribution in [2.24, 2.45) is 5.92 Å². The second-order valence-corrected chi connectivity index (χ2v) is 7.65. The van der Waals surface area contributed by atoms with Gasteiger partial charge in [-0.15, -0.1) is 11.3 Å². The van der Waals surface area contributed by atoms with Gasteiger partial charge in [0.15, 0.2) is 0 Å². The van der Waals surface area contributed by atoms with E-state index in [1.54, 1.807) is 0 Å². The van der Waals surface area contributed by atoms with Gasteiger partial charge in [0.05, 0.1) is 0 Å². The van der Waals surface area contributed by atoms with Crippen molar-refractivity contribution in [2.45, 2.75) is 52.6 Å². The number of aryl methyl sites for hydroxylation is 1. The van der Waals surface area contributed by atoms with Crippen LogP contribution in [0.4, 0.5) is 0 Å². The number of likely N-dealkylation sites (tertiary alicyclic amines) is 1. The Morgan fingerprint density at radius 1 is 1.37 bits per heavy atom. The van der Waals surface area contributed by atoms with E-state index in [9.17, 15) is 0 Å². The van der Waals surface area contributed by atoms with Crippen LogP contribution in [-0.2, 0) is 6.42 Å². The van der Waals surface area contributed by atoms with Gasteiger partial charge in [-0.05, 0) is 57.8 Å². The van der Waals surface area contributed by atoms with Crippen LogP contribution in [0.25, 0.3) is 0 Å². The lowest BCUT2D eigenvalue weighted by Crippen LogP contribution is -2.35. The van der Waals surface area contributed by atoms with Gasteiger partial charge in [-0.25, -0.2) is 0 Å². The van der Waals surface area contributed by atoms with E-state index < -0.39 is 0 Å². The molecular formula is C16H28N2S. The molecule has 1 aliphatic heterocycles. The van der Waals surface area contributed by atoms with Crippen LogP contribution >= 0.6 is 11.3 Å². The van der Waals surface area contributed by atoms with Crippen LogP contribution in [0.1, 0.15) is 36.9 Å². The van der Waals surface area contributed by atoms with Gasteiger partial charge in [-0.3, -0.25) is 4.90 Å². The predicted molar refractivity (Wildman–Crippen MR) is 85.0 cm³/mol. The Morgan fingerprint density at radius 2 is 2.16 bits per heavy atom. The molecule has 0 bridgehead atoms. The fourth-order valence-corrected chi connectivity index (χ4v) is 3.86. The van der Waals surface area contributed by atoms with E-state index in [0.29, 0.717) is 12.1 Å². The minimum atomic E-state index is 0.612. The molecule has 2 heterocycles. The number of nitrogens with one attached hydrogen (secondary N) is 1. The summed E-state index contributed by atoms with van der Waals surface area (Å²) >= 11 is 1.95. The standard InChI is InChI=1S/C16H28N2S/c1-12(2)17-10-15-7-8-18(11-15)13(3)9-16-6-5-14(4)19-16/h5-6,12-13,15,17H,7-11H2,1-4H3. The summed E-state index contributed by atoms with van der Waals surface area (Å²) in [6.07, 6.45) is 2.57. The van der Waals surface area contributed by atoms with Crippen LogP contribution in [0.15, 0.2) is 12.1 Å². The van der Waals surface area contributed by atoms with Crippen LogP contribution < -0.4 is 5.32 Å². The average molecular weight is 280 g/mol. The number of hydrogen-bond donors (Lipinski definition) is 1. The lowest BCUT2D eigenvalue weighted by molar-refractivity contribution is 0.247. The van der Waals surface area contributed by atoms with Crippen LogP contribution in [0, 0.1) is 12.8 Å². The van der Waals surface area contributed by atoms with Crippen molar-refractivity contribution in [1.29, 1.82) is 0 Å². The molecule has 108 valence electrons. The highest BCUT2D eigenvalue weighted by molar-refractivity contribution is 7.11. The quantitative estimate of drug-likeness (QED) is 0.860. The van der Waals surface area contributed by atoms with E-state index in [2.05, 4.69) is 50.0 Å². The van der Waals surface area contributed by atoms with Gasteiger partial charge in [0, 0.05) is 28.4 Å². The first-order valence-corrected chi connectivity index (χ1v) is 8.39. The number of thiophene rings is 1. The summed E-state index contributed by atoms with van der Waals surface area (Å²) in [5, 5.41) is 3.58. The molecule has 0 amide bonds. The van der Waals surface area contributed by atoms with Gasteiger partial charge in [0.2, 0.25) is 0 Å². The molecule has 0 aromatic carbocycles. The maximum absolute atomic E-state index is 3.58. The Hall–Kier alpha value is -0.380. The normalized spacial score (nSPS) is 22.3. The number of rotatable bonds is 6. The molecule has 0 spiro atoms. The fraction of sp³-hybridized carbons (Fsp3) is 0.750. The first kappa shape index (κ1) is 15.0. The maximum Gasteiger partial charge on any atom is 0.0115 e. The molecule has 19 heavy (non-hydrogen) atoms. The molecule has 3 heteroatoms. The minimum Gasteiger partial charge on any atom is -0.314 e. The second kappa shape index (κ2) is 6.87. The molecular weight excluding hydrogens is 252 g/mol. The topological polar surface area (TPSA) is 15.3 Å². The molecule has 0 saturated carbocycles. The zero-order chi connectivity index (χ0) is 13.8. The lowest BCUT2D eigenvalue weighted by Gasteiger charge is -2.24. The molecule has 1 saturated heterocycles. The molecule has 1 aromatic rings. The Morgan fingerprint density at radius 3 is 2.79 bits per heavy atom. The maximum atomic E-state index is 3.58. The van der Waals surface area contributed by atoms with Crippen LogP contribution in [0.3, 0.4) is 0 Å².